The van der Waals surface area contributed by atoms with Crippen LogP contribution in [0.1, 0.15) is 18.2 Å². The second-order valence-corrected chi connectivity index (χ2v) is 5.70. The Hall–Kier alpha value is -2.87. The zero-order valence-corrected chi connectivity index (χ0v) is 13.5. The van der Waals surface area contributed by atoms with E-state index in [4.69, 9.17) is 5.11 Å². The summed E-state index contributed by atoms with van der Waals surface area (Å²) in [5.41, 5.74) is -0.269. The SMILES string of the molecule is Cc1cc(NC(=O)NCC(C)(O)C(=O)O)n(Cc2ccccc2)n1. The van der Waals surface area contributed by atoms with E-state index in [1.54, 1.807) is 17.7 Å². The number of rotatable bonds is 6. The number of carbonyl (C=O) groups is 2. The van der Waals surface area contributed by atoms with Crippen molar-refractivity contribution in [2.45, 2.75) is 26.0 Å². The molecule has 0 aliphatic rings. The summed E-state index contributed by atoms with van der Waals surface area (Å²) in [7, 11) is 0. The molecule has 4 N–H and O–H groups in total. The van der Waals surface area contributed by atoms with Gasteiger partial charge in [-0.15, -0.1) is 0 Å². The molecule has 2 rings (SSSR count). The molecule has 8 nitrogen and oxygen atoms in total. The number of amides is 2. The second-order valence-electron chi connectivity index (χ2n) is 5.70. The highest BCUT2D eigenvalue weighted by Gasteiger charge is 2.30. The van der Waals surface area contributed by atoms with Crippen molar-refractivity contribution in [3.05, 3.63) is 47.7 Å². The van der Waals surface area contributed by atoms with Crippen LogP contribution in [0.5, 0.6) is 0 Å². The predicted molar refractivity (Wildman–Crippen MR) is 87.8 cm³/mol. The summed E-state index contributed by atoms with van der Waals surface area (Å²) in [4.78, 5) is 22.7. The van der Waals surface area contributed by atoms with E-state index in [0.29, 0.717) is 12.4 Å². The third-order valence-electron chi connectivity index (χ3n) is 3.37. The molecular weight excluding hydrogens is 312 g/mol. The molecule has 0 saturated heterocycles. The molecule has 0 bridgehead atoms. The smallest absolute Gasteiger partial charge is 0.337 e. The highest BCUT2D eigenvalue weighted by Crippen LogP contribution is 2.13. The largest absolute Gasteiger partial charge is 0.479 e. The van der Waals surface area contributed by atoms with Gasteiger partial charge in [0, 0.05) is 6.07 Å². The number of carboxylic acid groups (broad SMARTS) is 1. The molecule has 1 unspecified atom stereocenters. The number of aliphatic hydroxyl groups is 1. The summed E-state index contributed by atoms with van der Waals surface area (Å²) in [5, 5.41) is 27.7. The van der Waals surface area contributed by atoms with Crippen LogP contribution in [-0.4, -0.2) is 44.1 Å². The molecule has 0 aliphatic heterocycles. The van der Waals surface area contributed by atoms with Crippen molar-refractivity contribution in [2.75, 3.05) is 11.9 Å². The highest BCUT2D eigenvalue weighted by molar-refractivity contribution is 5.89. The lowest BCUT2D eigenvalue weighted by Crippen LogP contribution is -2.47. The van der Waals surface area contributed by atoms with Crippen molar-refractivity contribution in [2.24, 2.45) is 0 Å². The van der Waals surface area contributed by atoms with Crippen molar-refractivity contribution >= 4 is 17.8 Å². The van der Waals surface area contributed by atoms with Gasteiger partial charge in [0.15, 0.2) is 5.60 Å². The van der Waals surface area contributed by atoms with Crippen LogP contribution < -0.4 is 10.6 Å². The molecule has 0 aliphatic carbocycles. The van der Waals surface area contributed by atoms with Crippen LogP contribution >= 0.6 is 0 Å². The van der Waals surface area contributed by atoms with Gasteiger partial charge in [-0.1, -0.05) is 30.3 Å². The molecule has 1 heterocycles. The molecule has 0 spiro atoms. The van der Waals surface area contributed by atoms with Crippen LogP contribution in [0.25, 0.3) is 0 Å². The van der Waals surface area contributed by atoms with Gasteiger partial charge in [-0.05, 0) is 19.4 Å². The Kier molecular flexibility index (Phi) is 5.20. The molecule has 0 radical (unpaired) electrons. The molecule has 1 atom stereocenters. The third-order valence-corrected chi connectivity index (χ3v) is 3.37. The van der Waals surface area contributed by atoms with Crippen LogP contribution in [0.2, 0.25) is 0 Å². The van der Waals surface area contributed by atoms with Gasteiger partial charge in [0.25, 0.3) is 0 Å². The van der Waals surface area contributed by atoms with Gasteiger partial charge < -0.3 is 15.5 Å². The Labute approximate surface area is 139 Å². The number of aryl methyl sites for hydroxylation is 1. The minimum atomic E-state index is -2.03. The molecule has 1 aromatic carbocycles. The average molecular weight is 332 g/mol. The third kappa shape index (κ3) is 4.56. The van der Waals surface area contributed by atoms with Gasteiger partial charge >= 0.3 is 12.0 Å². The topological polar surface area (TPSA) is 116 Å². The van der Waals surface area contributed by atoms with Crippen LogP contribution in [0.15, 0.2) is 36.4 Å². The lowest BCUT2D eigenvalue weighted by Gasteiger charge is -2.18. The maximum Gasteiger partial charge on any atom is 0.337 e. The number of anilines is 1. The van der Waals surface area contributed by atoms with Crippen molar-refractivity contribution in [1.29, 1.82) is 0 Å². The van der Waals surface area contributed by atoms with Crippen molar-refractivity contribution in [1.82, 2.24) is 15.1 Å². The van der Waals surface area contributed by atoms with Gasteiger partial charge in [0.2, 0.25) is 0 Å². The number of aliphatic carboxylic acids is 1. The first-order valence-electron chi connectivity index (χ1n) is 7.37. The number of nitrogens with zero attached hydrogens (tertiary/aromatic N) is 2. The Morgan fingerprint density at radius 3 is 2.58 bits per heavy atom. The lowest BCUT2D eigenvalue weighted by atomic mass is 10.1. The number of hydrogen-bond donors (Lipinski definition) is 4. The standard InChI is InChI=1S/C16H20N4O4/c1-11-8-13(18-15(23)17-10-16(2,24)14(21)22)20(19-11)9-12-6-4-3-5-7-12/h3-8,24H,9-10H2,1-2H3,(H,21,22)(H2,17,18,23). The number of benzene rings is 1. The quantitative estimate of drug-likeness (QED) is 0.634. The number of nitrogens with one attached hydrogen (secondary N) is 2. The number of carbonyl (C=O) groups excluding carboxylic acids is 1. The first kappa shape index (κ1) is 17.5. The molecule has 128 valence electrons. The van der Waals surface area contributed by atoms with E-state index in [9.17, 15) is 14.7 Å². The fraction of sp³-hybridized carbons (Fsp3) is 0.312. The average Bonchev–Trinajstić information content (AvgIpc) is 2.85. The van der Waals surface area contributed by atoms with E-state index in [0.717, 1.165) is 18.2 Å². The van der Waals surface area contributed by atoms with E-state index in [1.807, 2.05) is 30.3 Å². The fourth-order valence-corrected chi connectivity index (χ4v) is 2.01. The zero-order valence-electron chi connectivity index (χ0n) is 13.5. The molecule has 0 fully saturated rings. The van der Waals surface area contributed by atoms with E-state index in [2.05, 4.69) is 15.7 Å². The normalized spacial score (nSPS) is 13.1. The van der Waals surface area contributed by atoms with Crippen LogP contribution in [0.4, 0.5) is 10.6 Å². The molecule has 2 amide bonds. The van der Waals surface area contributed by atoms with Gasteiger partial charge in [-0.2, -0.15) is 5.10 Å². The Bertz CT molecular complexity index is 725. The molecule has 24 heavy (non-hydrogen) atoms. The maximum atomic E-state index is 11.9. The van der Waals surface area contributed by atoms with Gasteiger partial charge in [0.05, 0.1) is 18.8 Å². The first-order chi connectivity index (χ1) is 11.3. The summed E-state index contributed by atoms with van der Waals surface area (Å²) in [6.45, 7) is 2.98. The monoisotopic (exact) mass is 332 g/mol. The number of carboxylic acids is 1. The van der Waals surface area contributed by atoms with Crippen LogP contribution in [0.3, 0.4) is 0 Å². The number of aromatic nitrogens is 2. The van der Waals surface area contributed by atoms with Crippen molar-refractivity contribution < 1.29 is 19.8 Å². The van der Waals surface area contributed by atoms with E-state index in [-0.39, 0.29) is 0 Å². The molecule has 0 saturated carbocycles. The zero-order chi connectivity index (χ0) is 17.7. The minimum Gasteiger partial charge on any atom is -0.479 e. The van der Waals surface area contributed by atoms with Crippen molar-refractivity contribution in [3.63, 3.8) is 0 Å². The predicted octanol–water partition coefficient (Wildman–Crippen LogP) is 1.20. The molecular formula is C16H20N4O4. The number of urea groups is 1. The van der Waals surface area contributed by atoms with Crippen LogP contribution in [0, 0.1) is 6.92 Å². The first-order valence-corrected chi connectivity index (χ1v) is 7.37. The second kappa shape index (κ2) is 7.14. The van der Waals surface area contributed by atoms with Gasteiger partial charge in [-0.25, -0.2) is 14.3 Å². The number of hydrogen-bond acceptors (Lipinski definition) is 4. The summed E-state index contributed by atoms with van der Waals surface area (Å²) in [6.07, 6.45) is 0. The lowest BCUT2D eigenvalue weighted by molar-refractivity contribution is -0.155. The summed E-state index contributed by atoms with van der Waals surface area (Å²) >= 11 is 0. The summed E-state index contributed by atoms with van der Waals surface area (Å²) < 4.78 is 1.64. The molecule has 2 aromatic rings. The highest BCUT2D eigenvalue weighted by atomic mass is 16.4. The van der Waals surface area contributed by atoms with Crippen molar-refractivity contribution in [3.8, 4) is 0 Å². The van der Waals surface area contributed by atoms with Gasteiger partial charge in [-0.3, -0.25) is 5.32 Å². The van der Waals surface area contributed by atoms with E-state index in [1.165, 1.54) is 0 Å². The molecule has 1 aromatic heterocycles. The minimum absolute atomic E-state index is 0.417. The summed E-state index contributed by atoms with van der Waals surface area (Å²) in [5.74, 6) is -0.934. The van der Waals surface area contributed by atoms with E-state index >= 15 is 0 Å². The Morgan fingerprint density at radius 1 is 1.29 bits per heavy atom. The Morgan fingerprint density at radius 2 is 1.96 bits per heavy atom. The van der Waals surface area contributed by atoms with E-state index < -0.39 is 24.1 Å². The maximum absolute atomic E-state index is 11.9. The van der Waals surface area contributed by atoms with Crippen LogP contribution in [-0.2, 0) is 11.3 Å². The van der Waals surface area contributed by atoms with Gasteiger partial charge in [0.1, 0.15) is 5.82 Å². The molecule has 8 heteroatoms. The Balaban J connectivity index is 2.02. The summed E-state index contributed by atoms with van der Waals surface area (Å²) in [6, 6.07) is 10.7. The fourth-order valence-electron chi connectivity index (χ4n) is 2.01.